The van der Waals surface area contributed by atoms with E-state index in [1.807, 2.05) is 92.1 Å². The van der Waals surface area contributed by atoms with Crippen molar-refractivity contribution in [3.63, 3.8) is 0 Å². The lowest BCUT2D eigenvalue weighted by Crippen LogP contribution is -2.61. The van der Waals surface area contributed by atoms with Gasteiger partial charge in [0.25, 0.3) is 5.91 Å². The number of hydrogen-bond donors (Lipinski definition) is 1. The van der Waals surface area contributed by atoms with Gasteiger partial charge in [-0.15, -0.1) is 11.3 Å². The largest absolute Gasteiger partial charge is 0.494 e. The van der Waals surface area contributed by atoms with E-state index in [1.165, 1.54) is 37.0 Å². The van der Waals surface area contributed by atoms with E-state index < -0.39 is 0 Å². The summed E-state index contributed by atoms with van der Waals surface area (Å²) in [6.45, 7) is 11.1. The Hall–Kier alpha value is -4.08. The normalized spacial score (nSPS) is 14.0. The predicted octanol–water partition coefficient (Wildman–Crippen LogP) is 7.88. The Morgan fingerprint density at radius 1 is 0.900 bits per heavy atom. The molecule has 266 valence electrons. The Balaban J connectivity index is 1.19. The van der Waals surface area contributed by atoms with Crippen LogP contribution in [0, 0.1) is 5.92 Å². The van der Waals surface area contributed by atoms with Crippen molar-refractivity contribution in [2.75, 3.05) is 40.3 Å². The van der Waals surface area contributed by atoms with Crippen LogP contribution in [0.2, 0.25) is 0 Å². The van der Waals surface area contributed by atoms with Crippen molar-refractivity contribution in [2.24, 2.45) is 5.92 Å². The number of nitrogens with one attached hydrogen (secondary N) is 1. The van der Waals surface area contributed by atoms with Crippen LogP contribution in [0.25, 0.3) is 22.5 Å². The number of carbonyl (C=O) groups is 2. The number of aromatic nitrogens is 2. The summed E-state index contributed by atoms with van der Waals surface area (Å²) < 4.78 is 5.91. The van der Waals surface area contributed by atoms with Gasteiger partial charge in [0.15, 0.2) is 5.82 Å². The standard InChI is InChI=1S/C41H53N5O3S/c1-7-8-9-10-11-22-49-35-18-16-30(17-19-35)33-25-42-38(43-26-33)31-14-12-29(13-15-31)23-32(40(48)46-27-34(28-46)45(5)6)24-44-39(47)36-20-21-37(50-36)41(2,3)4/h12-21,25-26,32,34H,7-11,22-24,27-28H2,1-6H3,(H,44,47)/t32-/m1/s1. The summed E-state index contributed by atoms with van der Waals surface area (Å²) in [5, 5.41) is 3.06. The monoisotopic (exact) mass is 695 g/mol. The highest BCUT2D eigenvalue weighted by molar-refractivity contribution is 7.14. The fraction of sp³-hybridized carbons (Fsp3) is 0.463. The van der Waals surface area contributed by atoms with E-state index in [-0.39, 0.29) is 29.7 Å². The first-order valence-electron chi connectivity index (χ1n) is 18.0. The smallest absolute Gasteiger partial charge is 0.261 e. The minimum absolute atomic E-state index is 0.0177. The van der Waals surface area contributed by atoms with Crippen molar-refractivity contribution in [2.45, 2.75) is 77.7 Å². The lowest BCUT2D eigenvalue weighted by molar-refractivity contribution is -0.142. The molecule has 1 saturated heterocycles. The third kappa shape index (κ3) is 10.0. The van der Waals surface area contributed by atoms with Gasteiger partial charge < -0.3 is 19.9 Å². The minimum atomic E-state index is -0.368. The second-order valence-electron chi connectivity index (χ2n) is 14.7. The third-order valence-corrected chi connectivity index (χ3v) is 10.9. The molecule has 1 aliphatic rings. The van der Waals surface area contributed by atoms with Crippen LogP contribution in [-0.4, -0.2) is 78.0 Å². The highest BCUT2D eigenvalue weighted by atomic mass is 32.1. The molecule has 1 N–H and O–H groups in total. The van der Waals surface area contributed by atoms with Gasteiger partial charge in [0.05, 0.1) is 17.4 Å². The first-order chi connectivity index (χ1) is 24.0. The van der Waals surface area contributed by atoms with Crippen LogP contribution in [-0.2, 0) is 16.6 Å². The summed E-state index contributed by atoms with van der Waals surface area (Å²) in [6.07, 6.45) is 10.3. The summed E-state index contributed by atoms with van der Waals surface area (Å²) in [5.41, 5.74) is 3.90. The van der Waals surface area contributed by atoms with Gasteiger partial charge in [-0.05, 0) is 67.7 Å². The molecule has 9 heteroatoms. The number of unbranched alkanes of at least 4 members (excludes halogenated alkanes) is 4. The van der Waals surface area contributed by atoms with E-state index in [2.05, 4.69) is 47.9 Å². The number of nitrogens with zero attached hydrogens (tertiary/aromatic N) is 4. The van der Waals surface area contributed by atoms with E-state index >= 15 is 0 Å². The Bertz CT molecular complexity index is 1670. The van der Waals surface area contributed by atoms with Crippen molar-refractivity contribution in [3.05, 3.63) is 88.4 Å². The number of ether oxygens (including phenoxy) is 1. The third-order valence-electron chi connectivity index (χ3n) is 9.38. The number of hydrogen-bond acceptors (Lipinski definition) is 7. The maximum absolute atomic E-state index is 13.7. The predicted molar refractivity (Wildman–Crippen MR) is 204 cm³/mol. The molecule has 0 unspecified atom stereocenters. The zero-order chi connectivity index (χ0) is 35.7. The molecule has 50 heavy (non-hydrogen) atoms. The van der Waals surface area contributed by atoms with Gasteiger partial charge in [-0.3, -0.25) is 9.59 Å². The first-order valence-corrected chi connectivity index (χ1v) is 18.8. The van der Waals surface area contributed by atoms with Crippen molar-refractivity contribution >= 4 is 23.2 Å². The summed E-state index contributed by atoms with van der Waals surface area (Å²) in [7, 11) is 4.08. The fourth-order valence-corrected chi connectivity index (χ4v) is 6.95. The average Bonchev–Trinajstić information content (AvgIpc) is 3.60. The minimum Gasteiger partial charge on any atom is -0.494 e. The molecule has 0 saturated carbocycles. The maximum atomic E-state index is 13.7. The van der Waals surface area contributed by atoms with Gasteiger partial charge in [0.2, 0.25) is 5.91 Å². The Morgan fingerprint density at radius 3 is 2.18 bits per heavy atom. The molecule has 1 aliphatic heterocycles. The van der Waals surface area contributed by atoms with E-state index in [9.17, 15) is 9.59 Å². The highest BCUT2D eigenvalue weighted by Gasteiger charge is 2.35. The molecule has 2 aromatic carbocycles. The summed E-state index contributed by atoms with van der Waals surface area (Å²) in [4.78, 5) is 42.0. The molecule has 0 radical (unpaired) electrons. The van der Waals surface area contributed by atoms with Gasteiger partial charge in [-0.1, -0.05) is 89.8 Å². The molecule has 1 fully saturated rings. The van der Waals surface area contributed by atoms with Crippen molar-refractivity contribution in [1.82, 2.24) is 25.1 Å². The zero-order valence-electron chi connectivity index (χ0n) is 30.6. The van der Waals surface area contributed by atoms with Crippen LogP contribution in [0.3, 0.4) is 0 Å². The van der Waals surface area contributed by atoms with Crippen molar-refractivity contribution < 1.29 is 14.3 Å². The van der Waals surface area contributed by atoms with Crippen LogP contribution in [0.4, 0.5) is 0 Å². The second-order valence-corrected chi connectivity index (χ2v) is 15.7. The van der Waals surface area contributed by atoms with Gasteiger partial charge in [0.1, 0.15) is 5.75 Å². The number of likely N-dealkylation sites (tertiary alicyclic amines) is 1. The van der Waals surface area contributed by atoms with E-state index in [4.69, 9.17) is 4.74 Å². The molecule has 3 heterocycles. The molecule has 8 nitrogen and oxygen atoms in total. The van der Waals surface area contributed by atoms with E-state index in [1.54, 1.807) is 0 Å². The number of benzene rings is 2. The summed E-state index contributed by atoms with van der Waals surface area (Å²) in [5.74, 6) is 1.10. The highest BCUT2D eigenvalue weighted by Crippen LogP contribution is 2.30. The quantitative estimate of drug-likeness (QED) is 0.120. The second kappa shape index (κ2) is 17.2. The van der Waals surface area contributed by atoms with Crippen LogP contribution >= 0.6 is 11.3 Å². The lowest BCUT2D eigenvalue weighted by Gasteiger charge is -2.44. The molecule has 1 atom stereocenters. The number of rotatable bonds is 16. The molecular weight excluding hydrogens is 643 g/mol. The Labute approximate surface area is 302 Å². The molecular formula is C41H53N5O3S. The molecule has 0 aliphatic carbocycles. The van der Waals surface area contributed by atoms with Crippen molar-refractivity contribution in [1.29, 1.82) is 0 Å². The molecule has 4 aromatic rings. The number of carbonyl (C=O) groups excluding carboxylic acids is 2. The summed E-state index contributed by atoms with van der Waals surface area (Å²) >= 11 is 1.51. The molecule has 2 aromatic heterocycles. The van der Waals surface area contributed by atoms with Crippen LogP contribution < -0.4 is 10.1 Å². The first kappa shape index (κ1) is 37.2. The van der Waals surface area contributed by atoms with Crippen LogP contribution in [0.5, 0.6) is 5.75 Å². The van der Waals surface area contributed by atoms with Gasteiger partial charge in [-0.25, -0.2) is 9.97 Å². The topological polar surface area (TPSA) is 87.7 Å². The van der Waals surface area contributed by atoms with Crippen LogP contribution in [0.15, 0.2) is 73.1 Å². The molecule has 0 spiro atoms. The van der Waals surface area contributed by atoms with Crippen molar-refractivity contribution in [3.8, 4) is 28.3 Å². The van der Waals surface area contributed by atoms with E-state index in [0.29, 0.717) is 36.3 Å². The van der Waals surface area contributed by atoms with E-state index in [0.717, 1.165) is 45.9 Å². The molecule has 2 amide bonds. The molecule has 0 bridgehead atoms. The lowest BCUT2D eigenvalue weighted by atomic mass is 9.94. The van der Waals surface area contributed by atoms with Gasteiger partial charge in [0, 0.05) is 54.1 Å². The van der Waals surface area contributed by atoms with Crippen LogP contribution in [0.1, 0.15) is 79.9 Å². The fourth-order valence-electron chi connectivity index (χ4n) is 5.97. The van der Waals surface area contributed by atoms with Gasteiger partial charge in [-0.2, -0.15) is 0 Å². The Morgan fingerprint density at radius 2 is 1.56 bits per heavy atom. The average molecular weight is 696 g/mol. The maximum Gasteiger partial charge on any atom is 0.261 e. The number of thiophene rings is 1. The zero-order valence-corrected chi connectivity index (χ0v) is 31.4. The van der Waals surface area contributed by atoms with Gasteiger partial charge >= 0.3 is 0 Å². The summed E-state index contributed by atoms with van der Waals surface area (Å²) in [6, 6.07) is 20.4. The number of amides is 2. The molecule has 5 rings (SSSR count). The number of likely N-dealkylation sites (N-methyl/N-ethyl adjacent to an activating group) is 1. The SMILES string of the molecule is CCCCCCCOc1ccc(-c2cnc(-c3ccc(C[C@H](CNC(=O)c4ccc(C(C)(C)C)s4)C(=O)N4CC(N(C)C)C4)cc3)nc2)cc1. The Kier molecular flexibility index (Phi) is 12.8.